The zero-order chi connectivity index (χ0) is 14.2. The van der Waals surface area contributed by atoms with E-state index in [-0.39, 0.29) is 5.92 Å². The number of allylic oxidation sites excluding steroid dienone is 2. The molecule has 2 aromatic rings. The summed E-state index contributed by atoms with van der Waals surface area (Å²) in [6, 6.07) is 8.04. The average molecular weight is 267 g/mol. The van der Waals surface area contributed by atoms with Crippen LogP contribution in [0, 0.1) is 5.92 Å². The SMILES string of the molecule is COC1(c2c[nH]c3ccccc23)C=CC(C)=CC1C=O. The van der Waals surface area contributed by atoms with Crippen molar-refractivity contribution in [1.82, 2.24) is 4.98 Å². The molecule has 0 radical (unpaired) electrons. The van der Waals surface area contributed by atoms with Gasteiger partial charge in [0.2, 0.25) is 0 Å². The Labute approximate surface area is 117 Å². The molecule has 3 nitrogen and oxygen atoms in total. The van der Waals surface area contributed by atoms with E-state index in [1.807, 2.05) is 55.6 Å². The fourth-order valence-corrected chi connectivity index (χ4v) is 2.95. The van der Waals surface area contributed by atoms with E-state index in [0.29, 0.717) is 0 Å². The van der Waals surface area contributed by atoms with E-state index in [9.17, 15) is 4.79 Å². The summed E-state index contributed by atoms with van der Waals surface area (Å²) < 4.78 is 5.80. The fraction of sp³-hybridized carbons (Fsp3) is 0.235. The highest BCUT2D eigenvalue weighted by molar-refractivity contribution is 5.85. The molecule has 20 heavy (non-hydrogen) atoms. The Morgan fingerprint density at radius 1 is 1.35 bits per heavy atom. The molecular formula is C17H17NO2. The van der Waals surface area contributed by atoms with Crippen LogP contribution < -0.4 is 0 Å². The molecule has 0 fully saturated rings. The second kappa shape index (κ2) is 4.76. The number of H-pyrrole nitrogens is 1. The van der Waals surface area contributed by atoms with Gasteiger partial charge in [0.15, 0.2) is 0 Å². The lowest BCUT2D eigenvalue weighted by Gasteiger charge is -2.35. The third kappa shape index (κ3) is 1.74. The summed E-state index contributed by atoms with van der Waals surface area (Å²) in [5.41, 5.74) is 2.38. The van der Waals surface area contributed by atoms with Gasteiger partial charge in [-0.25, -0.2) is 0 Å². The maximum Gasteiger partial charge on any atom is 0.130 e. The van der Waals surface area contributed by atoms with Gasteiger partial charge in [0.25, 0.3) is 0 Å². The fourth-order valence-electron chi connectivity index (χ4n) is 2.95. The van der Waals surface area contributed by atoms with Gasteiger partial charge in [0.1, 0.15) is 11.9 Å². The van der Waals surface area contributed by atoms with Crippen LogP contribution in [0.25, 0.3) is 10.9 Å². The topological polar surface area (TPSA) is 42.1 Å². The molecule has 0 spiro atoms. The number of hydrogen-bond donors (Lipinski definition) is 1. The number of aromatic nitrogens is 1. The Morgan fingerprint density at radius 2 is 2.15 bits per heavy atom. The summed E-state index contributed by atoms with van der Waals surface area (Å²) in [7, 11) is 1.65. The summed E-state index contributed by atoms with van der Waals surface area (Å²) in [5, 5.41) is 1.08. The summed E-state index contributed by atoms with van der Waals surface area (Å²) in [6.07, 6.45) is 8.84. The molecule has 1 heterocycles. The number of aromatic amines is 1. The van der Waals surface area contributed by atoms with E-state index < -0.39 is 5.60 Å². The zero-order valence-corrected chi connectivity index (χ0v) is 11.6. The van der Waals surface area contributed by atoms with Gasteiger partial charge in [-0.1, -0.05) is 35.9 Å². The molecule has 1 aromatic heterocycles. The lowest BCUT2D eigenvalue weighted by atomic mass is 9.77. The minimum absolute atomic E-state index is 0.322. The second-order valence-electron chi connectivity index (χ2n) is 5.15. The summed E-state index contributed by atoms with van der Waals surface area (Å²) in [5.74, 6) is -0.322. The van der Waals surface area contributed by atoms with Gasteiger partial charge in [-0.05, 0) is 19.1 Å². The lowest BCUT2D eigenvalue weighted by Crippen LogP contribution is -2.36. The maximum atomic E-state index is 11.5. The minimum Gasteiger partial charge on any atom is -0.368 e. The maximum absolute atomic E-state index is 11.5. The monoisotopic (exact) mass is 267 g/mol. The van der Waals surface area contributed by atoms with Gasteiger partial charge < -0.3 is 14.5 Å². The van der Waals surface area contributed by atoms with E-state index in [1.165, 1.54) is 0 Å². The van der Waals surface area contributed by atoms with Crippen LogP contribution in [0.3, 0.4) is 0 Å². The van der Waals surface area contributed by atoms with Crippen molar-refractivity contribution < 1.29 is 9.53 Å². The summed E-state index contributed by atoms with van der Waals surface area (Å²) >= 11 is 0. The van der Waals surface area contributed by atoms with Gasteiger partial charge >= 0.3 is 0 Å². The molecule has 0 amide bonds. The van der Waals surface area contributed by atoms with Crippen molar-refractivity contribution in [3.8, 4) is 0 Å². The van der Waals surface area contributed by atoms with Crippen molar-refractivity contribution in [2.24, 2.45) is 5.92 Å². The largest absolute Gasteiger partial charge is 0.368 e. The van der Waals surface area contributed by atoms with E-state index in [1.54, 1.807) is 7.11 Å². The van der Waals surface area contributed by atoms with E-state index in [4.69, 9.17) is 4.74 Å². The smallest absolute Gasteiger partial charge is 0.130 e. The van der Waals surface area contributed by atoms with E-state index >= 15 is 0 Å². The normalized spacial score (nSPS) is 25.7. The van der Waals surface area contributed by atoms with Crippen LogP contribution in [0.2, 0.25) is 0 Å². The molecule has 3 rings (SSSR count). The van der Waals surface area contributed by atoms with Crippen LogP contribution in [-0.4, -0.2) is 18.4 Å². The third-order valence-electron chi connectivity index (χ3n) is 4.03. The first-order valence-electron chi connectivity index (χ1n) is 6.66. The third-order valence-corrected chi connectivity index (χ3v) is 4.03. The second-order valence-corrected chi connectivity index (χ2v) is 5.15. The van der Waals surface area contributed by atoms with Crippen LogP contribution in [0.4, 0.5) is 0 Å². The minimum atomic E-state index is -0.735. The van der Waals surface area contributed by atoms with Gasteiger partial charge in [0.05, 0.1) is 5.92 Å². The number of carbonyl (C=O) groups excluding carboxylic acids is 1. The number of para-hydroxylation sites is 1. The molecule has 3 heteroatoms. The van der Waals surface area contributed by atoms with Gasteiger partial charge in [-0.3, -0.25) is 0 Å². The number of hydrogen-bond acceptors (Lipinski definition) is 2. The molecule has 0 bridgehead atoms. The highest BCUT2D eigenvalue weighted by Gasteiger charge is 2.40. The van der Waals surface area contributed by atoms with Crippen LogP contribution >= 0.6 is 0 Å². The molecule has 0 saturated heterocycles. The van der Waals surface area contributed by atoms with Crippen molar-refractivity contribution >= 4 is 17.2 Å². The number of methoxy groups -OCH3 is 1. The summed E-state index contributed by atoms with van der Waals surface area (Å²) in [6.45, 7) is 1.99. The Bertz CT molecular complexity index is 711. The first kappa shape index (κ1) is 12.9. The Hall–Kier alpha value is -2.13. The zero-order valence-electron chi connectivity index (χ0n) is 11.6. The van der Waals surface area contributed by atoms with Crippen LogP contribution in [-0.2, 0) is 15.1 Å². The molecule has 1 N–H and O–H groups in total. The van der Waals surface area contributed by atoms with Crippen molar-refractivity contribution in [2.75, 3.05) is 7.11 Å². The number of ether oxygens (including phenoxy) is 1. The Morgan fingerprint density at radius 3 is 2.90 bits per heavy atom. The van der Waals surface area contributed by atoms with E-state index in [0.717, 1.165) is 28.3 Å². The first-order valence-corrected chi connectivity index (χ1v) is 6.66. The van der Waals surface area contributed by atoms with Gasteiger partial charge in [0, 0.05) is 29.8 Å². The van der Waals surface area contributed by atoms with Crippen molar-refractivity contribution in [3.05, 3.63) is 59.8 Å². The molecule has 0 saturated carbocycles. The highest BCUT2D eigenvalue weighted by Crippen LogP contribution is 2.41. The van der Waals surface area contributed by atoms with Crippen molar-refractivity contribution in [1.29, 1.82) is 0 Å². The molecular weight excluding hydrogens is 250 g/mol. The van der Waals surface area contributed by atoms with E-state index in [2.05, 4.69) is 4.98 Å². The highest BCUT2D eigenvalue weighted by atomic mass is 16.5. The Kier molecular flexibility index (Phi) is 3.07. The molecule has 0 aliphatic heterocycles. The number of aldehydes is 1. The quantitative estimate of drug-likeness (QED) is 0.867. The standard InChI is InChI=1S/C17H17NO2/c1-12-7-8-17(20-2,13(9-12)11-19)15-10-18-16-6-4-3-5-14(15)16/h3-11,13,18H,1-2H3. The summed E-state index contributed by atoms with van der Waals surface area (Å²) in [4.78, 5) is 14.8. The van der Waals surface area contributed by atoms with Gasteiger partial charge in [-0.15, -0.1) is 0 Å². The van der Waals surface area contributed by atoms with Crippen molar-refractivity contribution in [2.45, 2.75) is 12.5 Å². The number of carbonyl (C=O) groups is 1. The predicted octanol–water partition coefficient (Wildman–Crippen LogP) is 3.34. The predicted molar refractivity (Wildman–Crippen MR) is 79.4 cm³/mol. The molecule has 2 atom stereocenters. The number of benzene rings is 1. The Balaban J connectivity index is 2.23. The first-order chi connectivity index (χ1) is 9.71. The van der Waals surface area contributed by atoms with Crippen LogP contribution in [0.15, 0.2) is 54.3 Å². The molecule has 102 valence electrons. The number of nitrogens with one attached hydrogen (secondary N) is 1. The number of rotatable bonds is 3. The van der Waals surface area contributed by atoms with Gasteiger partial charge in [-0.2, -0.15) is 0 Å². The number of fused-ring (bicyclic) bond motifs is 1. The van der Waals surface area contributed by atoms with Crippen molar-refractivity contribution in [3.63, 3.8) is 0 Å². The molecule has 1 aliphatic rings. The molecule has 2 unspecified atom stereocenters. The average Bonchev–Trinajstić information content (AvgIpc) is 2.92. The lowest BCUT2D eigenvalue weighted by molar-refractivity contribution is -0.117. The molecule has 1 aliphatic carbocycles. The van der Waals surface area contributed by atoms with Crippen LogP contribution in [0.5, 0.6) is 0 Å². The van der Waals surface area contributed by atoms with Crippen LogP contribution in [0.1, 0.15) is 12.5 Å². The molecule has 1 aromatic carbocycles.